The van der Waals surface area contributed by atoms with E-state index in [2.05, 4.69) is 0 Å². The lowest BCUT2D eigenvalue weighted by Gasteiger charge is -2.28. The standard InChI is InChI=1S/C14H26N4O3/c1-6-7-8-18-11(15)10(12(19)17(5)13(18)20)16(4)9-14(2,3)21/h21H,6-9,15H2,1-5H3. The van der Waals surface area contributed by atoms with E-state index in [0.29, 0.717) is 6.54 Å². The summed E-state index contributed by atoms with van der Waals surface area (Å²) in [7, 11) is 3.12. The Bertz CT molecular complexity index is 610. The summed E-state index contributed by atoms with van der Waals surface area (Å²) in [6.45, 7) is 6.02. The minimum Gasteiger partial charge on any atom is -0.389 e. The highest BCUT2D eigenvalue weighted by atomic mass is 16.3. The fourth-order valence-electron chi connectivity index (χ4n) is 2.32. The van der Waals surface area contributed by atoms with E-state index in [1.165, 1.54) is 11.6 Å². The van der Waals surface area contributed by atoms with Crippen molar-refractivity contribution in [2.45, 2.75) is 45.8 Å². The molecule has 0 saturated heterocycles. The zero-order chi connectivity index (χ0) is 16.4. The lowest BCUT2D eigenvalue weighted by Crippen LogP contribution is -2.45. The molecule has 0 aliphatic carbocycles. The number of nitrogens with two attached hydrogens (primary N) is 1. The summed E-state index contributed by atoms with van der Waals surface area (Å²) >= 11 is 0. The molecule has 1 aromatic heterocycles. The van der Waals surface area contributed by atoms with E-state index in [-0.39, 0.29) is 18.1 Å². The molecule has 1 heterocycles. The average Bonchev–Trinajstić information content (AvgIpc) is 2.34. The maximum absolute atomic E-state index is 12.3. The topological polar surface area (TPSA) is 93.5 Å². The van der Waals surface area contributed by atoms with Crippen LogP contribution in [-0.4, -0.2) is 33.4 Å². The number of likely N-dealkylation sites (N-methyl/N-ethyl adjacent to an activating group) is 1. The van der Waals surface area contributed by atoms with Crippen LogP contribution in [0, 0.1) is 0 Å². The van der Waals surface area contributed by atoms with Gasteiger partial charge in [-0.25, -0.2) is 4.79 Å². The van der Waals surface area contributed by atoms with Crippen LogP contribution in [0.15, 0.2) is 9.59 Å². The van der Waals surface area contributed by atoms with Gasteiger partial charge >= 0.3 is 5.69 Å². The molecule has 0 radical (unpaired) electrons. The number of hydrogen-bond acceptors (Lipinski definition) is 5. The fraction of sp³-hybridized carbons (Fsp3) is 0.714. The molecule has 7 heteroatoms. The van der Waals surface area contributed by atoms with Gasteiger partial charge in [0.25, 0.3) is 5.56 Å². The van der Waals surface area contributed by atoms with Gasteiger partial charge in [0, 0.05) is 27.2 Å². The normalized spacial score (nSPS) is 11.7. The monoisotopic (exact) mass is 298 g/mol. The number of nitrogens with zero attached hydrogens (tertiary/aromatic N) is 3. The van der Waals surface area contributed by atoms with Crippen molar-refractivity contribution in [3.8, 4) is 0 Å². The zero-order valence-corrected chi connectivity index (χ0v) is 13.5. The van der Waals surface area contributed by atoms with Crippen LogP contribution in [-0.2, 0) is 13.6 Å². The van der Waals surface area contributed by atoms with E-state index in [1.54, 1.807) is 25.8 Å². The largest absolute Gasteiger partial charge is 0.389 e. The highest BCUT2D eigenvalue weighted by molar-refractivity contribution is 5.62. The van der Waals surface area contributed by atoms with Crippen molar-refractivity contribution in [3.05, 3.63) is 20.8 Å². The van der Waals surface area contributed by atoms with Crippen LogP contribution in [0.4, 0.5) is 11.5 Å². The third-order valence-electron chi connectivity index (χ3n) is 3.30. The van der Waals surface area contributed by atoms with Crippen molar-refractivity contribution in [2.75, 3.05) is 24.2 Å². The summed E-state index contributed by atoms with van der Waals surface area (Å²) in [5.74, 6) is 0.156. The van der Waals surface area contributed by atoms with Crippen LogP contribution < -0.4 is 21.9 Å². The van der Waals surface area contributed by atoms with Crippen molar-refractivity contribution in [1.29, 1.82) is 0 Å². The molecule has 21 heavy (non-hydrogen) atoms. The molecule has 0 unspecified atom stereocenters. The van der Waals surface area contributed by atoms with Crippen LogP contribution in [0.2, 0.25) is 0 Å². The lowest BCUT2D eigenvalue weighted by atomic mass is 10.1. The number of rotatable bonds is 6. The number of unbranched alkanes of at least 4 members (excludes halogenated alkanes) is 1. The van der Waals surface area contributed by atoms with Crippen molar-refractivity contribution in [3.63, 3.8) is 0 Å². The first kappa shape index (κ1) is 17.3. The van der Waals surface area contributed by atoms with Crippen molar-refractivity contribution in [2.24, 2.45) is 7.05 Å². The van der Waals surface area contributed by atoms with E-state index < -0.39 is 16.9 Å². The molecule has 0 saturated carbocycles. The van der Waals surface area contributed by atoms with Crippen LogP contribution in [0.1, 0.15) is 33.6 Å². The molecule has 0 spiro atoms. The van der Waals surface area contributed by atoms with Gasteiger partial charge in [0.2, 0.25) is 0 Å². The molecular formula is C14H26N4O3. The van der Waals surface area contributed by atoms with Gasteiger partial charge in [0.1, 0.15) is 11.5 Å². The predicted molar refractivity (Wildman–Crippen MR) is 84.8 cm³/mol. The molecule has 0 bridgehead atoms. The molecule has 0 aromatic carbocycles. The first-order chi connectivity index (χ1) is 9.60. The molecule has 3 N–H and O–H groups in total. The first-order valence-electron chi connectivity index (χ1n) is 7.13. The van der Waals surface area contributed by atoms with Gasteiger partial charge in [-0.1, -0.05) is 13.3 Å². The molecule has 0 aliphatic rings. The van der Waals surface area contributed by atoms with E-state index in [9.17, 15) is 14.7 Å². The van der Waals surface area contributed by atoms with E-state index in [4.69, 9.17) is 5.73 Å². The second-order valence-electron chi connectivity index (χ2n) is 6.05. The van der Waals surface area contributed by atoms with Crippen LogP contribution in [0.25, 0.3) is 0 Å². The summed E-state index contributed by atoms with van der Waals surface area (Å²) in [5.41, 5.74) is 4.45. The number of nitrogen functional groups attached to an aromatic ring is 1. The van der Waals surface area contributed by atoms with Crippen molar-refractivity contribution < 1.29 is 5.11 Å². The summed E-state index contributed by atoms with van der Waals surface area (Å²) in [6, 6.07) is 0. The Hall–Kier alpha value is -1.76. The van der Waals surface area contributed by atoms with Crippen LogP contribution in [0.5, 0.6) is 0 Å². The highest BCUT2D eigenvalue weighted by Gasteiger charge is 2.22. The smallest absolute Gasteiger partial charge is 0.332 e. The molecular weight excluding hydrogens is 272 g/mol. The van der Waals surface area contributed by atoms with Gasteiger partial charge in [-0.05, 0) is 20.3 Å². The van der Waals surface area contributed by atoms with Gasteiger partial charge in [0.05, 0.1) is 5.60 Å². The second-order valence-corrected chi connectivity index (χ2v) is 6.05. The third-order valence-corrected chi connectivity index (χ3v) is 3.30. The molecule has 0 atom stereocenters. The van der Waals surface area contributed by atoms with Gasteiger partial charge < -0.3 is 15.7 Å². The molecule has 120 valence electrons. The minimum absolute atomic E-state index is 0.156. The quantitative estimate of drug-likeness (QED) is 0.779. The van der Waals surface area contributed by atoms with E-state index >= 15 is 0 Å². The summed E-state index contributed by atoms with van der Waals surface area (Å²) in [4.78, 5) is 26.1. The van der Waals surface area contributed by atoms with Crippen molar-refractivity contribution in [1.82, 2.24) is 9.13 Å². The SMILES string of the molecule is CCCCn1c(N)c(N(C)CC(C)(C)O)c(=O)n(C)c1=O. The molecule has 7 nitrogen and oxygen atoms in total. The number of anilines is 2. The summed E-state index contributed by atoms with van der Waals surface area (Å²) in [6.07, 6.45) is 1.72. The maximum Gasteiger partial charge on any atom is 0.332 e. The average molecular weight is 298 g/mol. The number of aliphatic hydroxyl groups is 1. The Balaban J connectivity index is 3.42. The van der Waals surface area contributed by atoms with Gasteiger partial charge in [-0.3, -0.25) is 13.9 Å². The van der Waals surface area contributed by atoms with Crippen LogP contribution in [0.3, 0.4) is 0 Å². The summed E-state index contributed by atoms with van der Waals surface area (Å²) < 4.78 is 2.48. The van der Waals surface area contributed by atoms with Gasteiger partial charge in [-0.2, -0.15) is 0 Å². The van der Waals surface area contributed by atoms with E-state index in [0.717, 1.165) is 17.4 Å². The predicted octanol–water partition coefficient (Wildman–Crippen LogP) is 0.136. The second kappa shape index (κ2) is 6.34. The molecule has 1 aromatic rings. The Morgan fingerprint density at radius 1 is 1.33 bits per heavy atom. The number of aromatic nitrogens is 2. The molecule has 0 aliphatic heterocycles. The summed E-state index contributed by atoms with van der Waals surface area (Å²) in [5, 5.41) is 9.91. The molecule has 1 rings (SSSR count). The minimum atomic E-state index is -0.976. The van der Waals surface area contributed by atoms with E-state index in [1.807, 2.05) is 6.92 Å². The zero-order valence-electron chi connectivity index (χ0n) is 13.5. The Labute approximate surface area is 124 Å². The third kappa shape index (κ3) is 3.87. The molecule has 0 amide bonds. The Morgan fingerprint density at radius 3 is 2.38 bits per heavy atom. The van der Waals surface area contributed by atoms with Crippen molar-refractivity contribution >= 4 is 11.5 Å². The lowest BCUT2D eigenvalue weighted by molar-refractivity contribution is 0.0885. The highest BCUT2D eigenvalue weighted by Crippen LogP contribution is 2.18. The maximum atomic E-state index is 12.3. The fourth-order valence-corrected chi connectivity index (χ4v) is 2.32. The number of hydrogen-bond donors (Lipinski definition) is 2. The Kier molecular flexibility index (Phi) is 5.22. The first-order valence-corrected chi connectivity index (χ1v) is 7.13. The van der Waals surface area contributed by atoms with Gasteiger partial charge in [0.15, 0.2) is 0 Å². The van der Waals surface area contributed by atoms with Crippen LogP contribution >= 0.6 is 0 Å². The molecule has 0 fully saturated rings. The van der Waals surface area contributed by atoms with Gasteiger partial charge in [-0.15, -0.1) is 0 Å². The Morgan fingerprint density at radius 2 is 1.90 bits per heavy atom.